The molecule has 0 amide bonds. The lowest BCUT2D eigenvalue weighted by Crippen LogP contribution is -2.43. The molecule has 16 heavy (non-hydrogen) atoms. The summed E-state index contributed by atoms with van der Waals surface area (Å²) in [6.45, 7) is 5.66. The predicted molar refractivity (Wildman–Crippen MR) is 62.0 cm³/mol. The molecule has 2 N–H and O–H groups in total. The van der Waals surface area contributed by atoms with Crippen molar-refractivity contribution in [2.45, 2.75) is 38.1 Å². The first kappa shape index (κ1) is 11.5. The summed E-state index contributed by atoms with van der Waals surface area (Å²) in [6.07, 6.45) is 5.37. The van der Waals surface area contributed by atoms with E-state index in [1.165, 1.54) is 0 Å². The molecule has 88 valence electrons. The van der Waals surface area contributed by atoms with Crippen molar-refractivity contribution in [1.82, 2.24) is 9.97 Å². The van der Waals surface area contributed by atoms with Crippen LogP contribution < -0.4 is 5.73 Å². The van der Waals surface area contributed by atoms with Crippen molar-refractivity contribution in [3.05, 3.63) is 23.8 Å². The molecule has 0 bridgehead atoms. The van der Waals surface area contributed by atoms with Crippen LogP contribution in [0.2, 0.25) is 0 Å². The molecule has 1 aliphatic rings. The highest BCUT2D eigenvalue weighted by atomic mass is 16.5. The van der Waals surface area contributed by atoms with E-state index in [2.05, 4.69) is 23.8 Å². The summed E-state index contributed by atoms with van der Waals surface area (Å²) in [5.41, 5.74) is 7.06. The Morgan fingerprint density at radius 3 is 2.31 bits per heavy atom. The maximum absolute atomic E-state index is 6.30. The molecule has 0 aliphatic carbocycles. The summed E-state index contributed by atoms with van der Waals surface area (Å²) in [5.74, 6) is 1.21. The highest BCUT2D eigenvalue weighted by Crippen LogP contribution is 2.26. The maximum atomic E-state index is 6.30. The largest absolute Gasteiger partial charge is 0.381 e. The Kier molecular flexibility index (Phi) is 3.21. The van der Waals surface area contributed by atoms with E-state index in [1.807, 2.05) is 12.4 Å². The van der Waals surface area contributed by atoms with Gasteiger partial charge in [0, 0.05) is 25.6 Å². The molecule has 0 unspecified atom stereocenters. The summed E-state index contributed by atoms with van der Waals surface area (Å²) in [6, 6.07) is 0. The second kappa shape index (κ2) is 4.47. The zero-order valence-corrected chi connectivity index (χ0v) is 9.94. The van der Waals surface area contributed by atoms with Gasteiger partial charge in [-0.15, -0.1) is 0 Å². The number of hydrogen-bond donors (Lipinski definition) is 1. The first-order valence-corrected chi connectivity index (χ1v) is 5.81. The molecule has 2 rings (SSSR count). The van der Waals surface area contributed by atoms with E-state index in [0.29, 0.717) is 19.1 Å². The molecule has 0 aromatic carbocycles. The summed E-state index contributed by atoms with van der Waals surface area (Å²) >= 11 is 0. The molecule has 1 aliphatic heterocycles. The minimum Gasteiger partial charge on any atom is -0.381 e. The standard InChI is InChI=1S/C12H19N3O/c1-9(2)10-7-14-11(15-8-10)12(13)3-5-16-6-4-12/h7-9H,3-6,13H2,1-2H3. The van der Waals surface area contributed by atoms with Gasteiger partial charge in [-0.05, 0) is 24.3 Å². The molecule has 0 radical (unpaired) electrons. The van der Waals surface area contributed by atoms with Gasteiger partial charge in [0.05, 0.1) is 5.54 Å². The normalized spacial score (nSPS) is 20.0. The molecule has 1 aromatic heterocycles. The van der Waals surface area contributed by atoms with Crippen LogP contribution in [0.25, 0.3) is 0 Å². The van der Waals surface area contributed by atoms with E-state index in [9.17, 15) is 0 Å². The van der Waals surface area contributed by atoms with Crippen LogP contribution in [0.1, 0.15) is 44.0 Å². The Bertz CT molecular complexity index is 342. The van der Waals surface area contributed by atoms with Gasteiger partial charge in [-0.25, -0.2) is 9.97 Å². The molecular weight excluding hydrogens is 202 g/mol. The van der Waals surface area contributed by atoms with Crippen molar-refractivity contribution in [1.29, 1.82) is 0 Å². The highest BCUT2D eigenvalue weighted by Gasteiger charge is 2.32. The van der Waals surface area contributed by atoms with E-state index in [-0.39, 0.29) is 0 Å². The Morgan fingerprint density at radius 2 is 1.81 bits per heavy atom. The maximum Gasteiger partial charge on any atom is 0.148 e. The molecule has 0 spiro atoms. The van der Waals surface area contributed by atoms with Gasteiger partial charge in [0.2, 0.25) is 0 Å². The minimum absolute atomic E-state index is 0.395. The third-order valence-electron chi connectivity index (χ3n) is 3.17. The van der Waals surface area contributed by atoms with Gasteiger partial charge in [0.25, 0.3) is 0 Å². The van der Waals surface area contributed by atoms with Crippen LogP contribution in [0.5, 0.6) is 0 Å². The van der Waals surface area contributed by atoms with Crippen molar-refractivity contribution < 1.29 is 4.74 Å². The Balaban J connectivity index is 2.20. The molecule has 1 aromatic rings. The number of ether oxygens (including phenoxy) is 1. The average Bonchev–Trinajstić information content (AvgIpc) is 2.30. The van der Waals surface area contributed by atoms with Crippen molar-refractivity contribution in [2.75, 3.05) is 13.2 Å². The molecule has 2 heterocycles. The first-order valence-electron chi connectivity index (χ1n) is 5.81. The van der Waals surface area contributed by atoms with Gasteiger partial charge >= 0.3 is 0 Å². The SMILES string of the molecule is CC(C)c1cnc(C2(N)CCOCC2)nc1. The van der Waals surface area contributed by atoms with Gasteiger partial charge in [-0.2, -0.15) is 0 Å². The van der Waals surface area contributed by atoms with Gasteiger partial charge in [-0.1, -0.05) is 13.8 Å². The Labute approximate surface area is 96.2 Å². The first-order chi connectivity index (χ1) is 7.62. The zero-order valence-electron chi connectivity index (χ0n) is 9.94. The monoisotopic (exact) mass is 221 g/mol. The van der Waals surface area contributed by atoms with Gasteiger partial charge in [0.1, 0.15) is 5.82 Å². The molecule has 4 nitrogen and oxygen atoms in total. The van der Waals surface area contributed by atoms with Crippen LogP contribution >= 0.6 is 0 Å². The van der Waals surface area contributed by atoms with Crippen molar-refractivity contribution in [3.8, 4) is 0 Å². The highest BCUT2D eigenvalue weighted by molar-refractivity contribution is 5.14. The predicted octanol–water partition coefficient (Wildman–Crippen LogP) is 1.56. The van der Waals surface area contributed by atoms with Crippen LogP contribution in [0.4, 0.5) is 0 Å². The summed E-state index contributed by atoms with van der Waals surface area (Å²) in [5, 5.41) is 0. The molecule has 1 fully saturated rings. The van der Waals surface area contributed by atoms with Crippen LogP contribution in [0, 0.1) is 0 Å². The quantitative estimate of drug-likeness (QED) is 0.823. The van der Waals surface area contributed by atoms with E-state index < -0.39 is 5.54 Å². The van der Waals surface area contributed by atoms with Crippen molar-refractivity contribution in [3.63, 3.8) is 0 Å². The second-order valence-electron chi connectivity index (χ2n) is 4.76. The number of nitrogens with two attached hydrogens (primary N) is 1. The lowest BCUT2D eigenvalue weighted by Gasteiger charge is -2.31. The third kappa shape index (κ3) is 2.23. The van der Waals surface area contributed by atoms with Crippen LogP contribution in [0.15, 0.2) is 12.4 Å². The summed E-state index contributed by atoms with van der Waals surface area (Å²) in [7, 11) is 0. The third-order valence-corrected chi connectivity index (χ3v) is 3.17. The van der Waals surface area contributed by atoms with Gasteiger partial charge in [-0.3, -0.25) is 0 Å². The summed E-state index contributed by atoms with van der Waals surface area (Å²) < 4.78 is 5.31. The molecule has 1 saturated heterocycles. The number of nitrogens with zero attached hydrogens (tertiary/aromatic N) is 2. The van der Waals surface area contributed by atoms with E-state index in [1.54, 1.807) is 0 Å². The van der Waals surface area contributed by atoms with Crippen LogP contribution in [0.3, 0.4) is 0 Å². The minimum atomic E-state index is -0.395. The topological polar surface area (TPSA) is 61.0 Å². The van der Waals surface area contributed by atoms with E-state index in [4.69, 9.17) is 10.5 Å². The van der Waals surface area contributed by atoms with Crippen LogP contribution in [-0.2, 0) is 10.3 Å². The van der Waals surface area contributed by atoms with Crippen LogP contribution in [-0.4, -0.2) is 23.2 Å². The summed E-state index contributed by atoms with van der Waals surface area (Å²) in [4.78, 5) is 8.81. The molecule has 0 atom stereocenters. The fourth-order valence-electron chi connectivity index (χ4n) is 1.85. The smallest absolute Gasteiger partial charge is 0.148 e. The van der Waals surface area contributed by atoms with E-state index in [0.717, 1.165) is 24.2 Å². The molecular formula is C12H19N3O. The van der Waals surface area contributed by atoms with Crippen molar-refractivity contribution >= 4 is 0 Å². The Morgan fingerprint density at radius 1 is 1.25 bits per heavy atom. The zero-order chi connectivity index (χ0) is 11.6. The molecule has 0 saturated carbocycles. The number of rotatable bonds is 2. The lowest BCUT2D eigenvalue weighted by molar-refractivity contribution is 0.0491. The number of hydrogen-bond acceptors (Lipinski definition) is 4. The molecule has 4 heteroatoms. The van der Waals surface area contributed by atoms with Crippen molar-refractivity contribution in [2.24, 2.45) is 5.73 Å². The number of aromatic nitrogens is 2. The Hall–Kier alpha value is -1.00. The van der Waals surface area contributed by atoms with Gasteiger partial charge in [0.15, 0.2) is 0 Å². The fraction of sp³-hybridized carbons (Fsp3) is 0.667. The fourth-order valence-corrected chi connectivity index (χ4v) is 1.85. The second-order valence-corrected chi connectivity index (χ2v) is 4.76. The average molecular weight is 221 g/mol. The lowest BCUT2D eigenvalue weighted by atomic mass is 9.90. The van der Waals surface area contributed by atoms with Gasteiger partial charge < -0.3 is 10.5 Å². The van der Waals surface area contributed by atoms with E-state index >= 15 is 0 Å².